The monoisotopic (exact) mass is 565 g/mol. The minimum atomic E-state index is 0.0677. The Morgan fingerprint density at radius 3 is 2.55 bits per heavy atom. The van der Waals surface area contributed by atoms with Crippen LogP contribution in [-0.2, 0) is 22.6 Å². The smallest absolute Gasteiger partial charge is 0.219 e. The SMILES string of the molecule is C/C=C\c1[nH]c(CNCC)cc1CC.CC.O=CN1CCC(N=CNc2ccccc2)=C(C(=O)SC2CCC2)C1. The van der Waals surface area contributed by atoms with Gasteiger partial charge in [0.15, 0.2) is 0 Å². The summed E-state index contributed by atoms with van der Waals surface area (Å²) in [6, 6.07) is 12.0. The Morgan fingerprint density at radius 1 is 1.20 bits per heavy atom. The zero-order valence-electron chi connectivity index (χ0n) is 24.8. The molecule has 3 N–H and O–H groups in total. The van der Waals surface area contributed by atoms with Crippen molar-refractivity contribution >= 4 is 41.4 Å². The van der Waals surface area contributed by atoms with Gasteiger partial charge in [0.25, 0.3) is 0 Å². The molecule has 1 amide bonds. The molecular weight excluding hydrogens is 518 g/mol. The Hall–Kier alpha value is -3.10. The van der Waals surface area contributed by atoms with Gasteiger partial charge in [-0.05, 0) is 62.6 Å². The van der Waals surface area contributed by atoms with Crippen molar-refractivity contribution in [2.75, 3.05) is 25.0 Å². The highest BCUT2D eigenvalue weighted by Gasteiger charge is 2.28. The first-order valence-corrected chi connectivity index (χ1v) is 15.5. The molecule has 0 radical (unpaired) electrons. The molecule has 1 aliphatic carbocycles. The van der Waals surface area contributed by atoms with Crippen LogP contribution in [0.3, 0.4) is 0 Å². The molecule has 8 heteroatoms. The summed E-state index contributed by atoms with van der Waals surface area (Å²) in [4.78, 5) is 33.2. The molecule has 4 rings (SSSR count). The standard InChI is InChI=1S/C18H21N3O2S.C12H20N2.C2H6/c22-13-21-10-9-17(20-12-19-14-5-2-1-3-6-14)16(11-21)18(23)24-15-7-4-8-15;1-4-7-12-10(5-2)8-11(14-12)9-13-6-3;1-2/h1-3,5-6,12-13,15H,4,7-11H2,(H,19,20);4,7-8,13-14H,5-6,9H2,1-3H3;1-2H3/b;7-4-;. The Balaban J connectivity index is 0.000000299. The van der Waals surface area contributed by atoms with Gasteiger partial charge in [-0.3, -0.25) is 9.59 Å². The summed E-state index contributed by atoms with van der Waals surface area (Å²) < 4.78 is 0. The lowest BCUT2D eigenvalue weighted by Gasteiger charge is -2.28. The van der Waals surface area contributed by atoms with Gasteiger partial charge in [0, 0.05) is 47.4 Å². The number of H-pyrrole nitrogens is 1. The van der Waals surface area contributed by atoms with Gasteiger partial charge in [-0.15, -0.1) is 0 Å². The number of carbonyl (C=O) groups is 2. The first kappa shape index (κ1) is 33.1. The van der Waals surface area contributed by atoms with Gasteiger partial charge in [0.2, 0.25) is 11.5 Å². The van der Waals surface area contributed by atoms with Gasteiger partial charge in [0.1, 0.15) is 0 Å². The molecule has 0 bridgehead atoms. The van der Waals surface area contributed by atoms with E-state index < -0.39 is 0 Å². The summed E-state index contributed by atoms with van der Waals surface area (Å²) in [5, 5.41) is 6.93. The average molecular weight is 566 g/mol. The minimum absolute atomic E-state index is 0.0677. The van der Waals surface area contributed by atoms with Crippen LogP contribution in [0.15, 0.2) is 58.7 Å². The van der Waals surface area contributed by atoms with Crippen molar-refractivity contribution in [3.63, 3.8) is 0 Å². The molecule has 0 unspecified atom stereocenters. The summed E-state index contributed by atoms with van der Waals surface area (Å²) >= 11 is 1.41. The van der Waals surface area contributed by atoms with Crippen molar-refractivity contribution in [2.45, 2.75) is 78.5 Å². The topological polar surface area (TPSA) is 89.6 Å². The van der Waals surface area contributed by atoms with Crippen LogP contribution in [-0.4, -0.2) is 52.6 Å². The van der Waals surface area contributed by atoms with Gasteiger partial charge < -0.3 is 20.5 Å². The first-order chi connectivity index (χ1) is 19.6. The normalized spacial score (nSPS) is 15.3. The molecule has 0 saturated heterocycles. The number of hydrogen-bond acceptors (Lipinski definition) is 5. The Labute approximate surface area is 245 Å². The van der Waals surface area contributed by atoms with Gasteiger partial charge in [0.05, 0.1) is 18.6 Å². The molecule has 1 fully saturated rings. The van der Waals surface area contributed by atoms with Crippen molar-refractivity contribution in [3.8, 4) is 0 Å². The number of allylic oxidation sites excluding steroid dienone is 1. The second-order valence-corrected chi connectivity index (χ2v) is 10.6. The Bertz CT molecular complexity index is 1120. The predicted octanol–water partition coefficient (Wildman–Crippen LogP) is 6.80. The van der Waals surface area contributed by atoms with Crippen LogP contribution in [0.1, 0.15) is 77.3 Å². The first-order valence-electron chi connectivity index (χ1n) is 14.6. The fourth-order valence-corrected chi connectivity index (χ4v) is 5.36. The van der Waals surface area contributed by atoms with Gasteiger partial charge >= 0.3 is 0 Å². The van der Waals surface area contributed by atoms with Crippen molar-refractivity contribution in [1.29, 1.82) is 0 Å². The van der Waals surface area contributed by atoms with E-state index >= 15 is 0 Å². The number of para-hydroxylation sites is 1. The van der Waals surface area contributed by atoms with E-state index in [-0.39, 0.29) is 5.12 Å². The quantitative estimate of drug-likeness (QED) is 0.158. The largest absolute Gasteiger partial charge is 0.358 e. The Morgan fingerprint density at radius 2 is 1.95 bits per heavy atom. The maximum atomic E-state index is 12.6. The highest BCUT2D eigenvalue weighted by atomic mass is 32.2. The van der Waals surface area contributed by atoms with E-state index in [1.54, 1.807) is 11.2 Å². The third kappa shape index (κ3) is 10.8. The number of anilines is 1. The van der Waals surface area contributed by atoms with Gasteiger partial charge in [-0.2, -0.15) is 0 Å². The minimum Gasteiger partial charge on any atom is -0.358 e. The van der Waals surface area contributed by atoms with Crippen LogP contribution < -0.4 is 10.6 Å². The highest BCUT2D eigenvalue weighted by Crippen LogP contribution is 2.34. The number of amides is 1. The summed E-state index contributed by atoms with van der Waals surface area (Å²) in [6.45, 7) is 13.3. The molecular formula is C32H47N5O2S. The number of aromatic amines is 1. The molecule has 1 aliphatic heterocycles. The molecule has 7 nitrogen and oxygen atoms in total. The van der Waals surface area contributed by atoms with E-state index in [0.717, 1.165) is 50.1 Å². The third-order valence-corrected chi connectivity index (χ3v) is 7.83. The number of aryl methyl sites for hydroxylation is 1. The summed E-state index contributed by atoms with van der Waals surface area (Å²) in [6.07, 6.45) is 11.8. The zero-order valence-corrected chi connectivity index (χ0v) is 25.7. The number of carbonyl (C=O) groups excluding carboxylic acids is 2. The Kier molecular flexibility index (Phi) is 15.8. The zero-order chi connectivity index (χ0) is 29.2. The maximum Gasteiger partial charge on any atom is 0.219 e. The van der Waals surface area contributed by atoms with Crippen LogP contribution in [0.5, 0.6) is 0 Å². The van der Waals surface area contributed by atoms with Crippen molar-refractivity contribution in [1.82, 2.24) is 15.2 Å². The molecule has 1 aromatic carbocycles. The molecule has 2 heterocycles. The molecule has 0 atom stereocenters. The van der Waals surface area contributed by atoms with Gasteiger partial charge in [-0.25, -0.2) is 4.99 Å². The number of aromatic nitrogens is 1. The van der Waals surface area contributed by atoms with E-state index in [1.165, 1.54) is 35.1 Å². The molecule has 1 aromatic heterocycles. The molecule has 2 aliphatic rings. The number of aliphatic imine (C=N–C) groups is 1. The lowest BCUT2D eigenvalue weighted by molar-refractivity contribution is -0.118. The molecule has 0 spiro atoms. The van der Waals surface area contributed by atoms with E-state index in [0.29, 0.717) is 30.3 Å². The molecule has 40 heavy (non-hydrogen) atoms. The van der Waals surface area contributed by atoms with Crippen LogP contribution >= 0.6 is 11.8 Å². The average Bonchev–Trinajstić information content (AvgIpc) is 3.37. The highest BCUT2D eigenvalue weighted by molar-refractivity contribution is 8.14. The summed E-state index contributed by atoms with van der Waals surface area (Å²) in [5.41, 5.74) is 6.32. The summed E-state index contributed by atoms with van der Waals surface area (Å²) in [7, 11) is 0. The number of nitrogens with one attached hydrogen (secondary N) is 3. The maximum absolute atomic E-state index is 12.6. The predicted molar refractivity (Wildman–Crippen MR) is 172 cm³/mol. The van der Waals surface area contributed by atoms with Crippen molar-refractivity contribution < 1.29 is 9.59 Å². The number of hydrogen-bond donors (Lipinski definition) is 3. The lowest BCUT2D eigenvalue weighted by atomic mass is 10.00. The van der Waals surface area contributed by atoms with Crippen LogP contribution in [0.4, 0.5) is 5.69 Å². The van der Waals surface area contributed by atoms with Crippen LogP contribution in [0, 0.1) is 0 Å². The number of nitrogens with zero attached hydrogens (tertiary/aromatic N) is 2. The molecule has 218 valence electrons. The lowest BCUT2D eigenvalue weighted by Crippen LogP contribution is -2.33. The van der Waals surface area contributed by atoms with E-state index in [2.05, 4.69) is 52.7 Å². The fourth-order valence-electron chi connectivity index (χ4n) is 4.16. The number of benzene rings is 1. The molecule has 1 saturated carbocycles. The number of rotatable bonds is 11. The second kappa shape index (κ2) is 19.1. The van der Waals surface area contributed by atoms with E-state index in [4.69, 9.17) is 0 Å². The molecule has 2 aromatic rings. The van der Waals surface area contributed by atoms with Crippen LogP contribution in [0.2, 0.25) is 0 Å². The van der Waals surface area contributed by atoms with E-state index in [1.807, 2.05) is 51.1 Å². The second-order valence-electron chi connectivity index (χ2n) is 9.35. The van der Waals surface area contributed by atoms with E-state index in [9.17, 15) is 9.59 Å². The fraction of sp³-hybridized carbons (Fsp3) is 0.469. The summed E-state index contributed by atoms with van der Waals surface area (Å²) in [5.74, 6) is 0. The van der Waals surface area contributed by atoms with Crippen molar-refractivity contribution in [3.05, 3.63) is 70.7 Å². The number of thioether (sulfide) groups is 1. The third-order valence-electron chi connectivity index (χ3n) is 6.56. The van der Waals surface area contributed by atoms with Gasteiger partial charge in [-0.1, -0.05) is 70.2 Å². The van der Waals surface area contributed by atoms with Crippen LogP contribution in [0.25, 0.3) is 6.08 Å². The van der Waals surface area contributed by atoms with Crippen molar-refractivity contribution in [2.24, 2.45) is 4.99 Å².